The summed E-state index contributed by atoms with van der Waals surface area (Å²) in [5, 5.41) is 13.6. The van der Waals surface area contributed by atoms with Gasteiger partial charge in [0.25, 0.3) is 0 Å². The van der Waals surface area contributed by atoms with Gasteiger partial charge in [0.1, 0.15) is 0 Å². The Kier molecular flexibility index (Phi) is 4.13. The van der Waals surface area contributed by atoms with Crippen LogP contribution in [0.5, 0.6) is 0 Å². The number of amides is 1. The minimum absolute atomic E-state index is 0.00532. The maximum atomic E-state index is 12.7. The molecule has 0 saturated carbocycles. The highest BCUT2D eigenvalue weighted by Crippen LogP contribution is 2.40. The summed E-state index contributed by atoms with van der Waals surface area (Å²) < 4.78 is 0. The number of rotatable bonds is 4. The Morgan fingerprint density at radius 1 is 1.48 bits per heavy atom. The normalized spacial score (nSPS) is 23.9. The number of hydrogen-bond acceptors (Lipinski definition) is 3. The van der Waals surface area contributed by atoms with Crippen molar-refractivity contribution in [3.8, 4) is 0 Å². The van der Waals surface area contributed by atoms with Crippen LogP contribution in [0.25, 0.3) is 16.5 Å². The van der Waals surface area contributed by atoms with Crippen molar-refractivity contribution in [1.82, 2.24) is 15.2 Å². The van der Waals surface area contributed by atoms with Gasteiger partial charge in [-0.1, -0.05) is 25.1 Å². The maximum Gasteiger partial charge on any atom is 0.228 e. The second-order valence-corrected chi connectivity index (χ2v) is 7.23. The third kappa shape index (κ3) is 2.68. The van der Waals surface area contributed by atoms with Gasteiger partial charge in [-0.2, -0.15) is 0 Å². The molecule has 5 heteroatoms. The molecule has 132 valence electrons. The second-order valence-electron chi connectivity index (χ2n) is 7.23. The van der Waals surface area contributed by atoms with E-state index in [0.717, 1.165) is 18.4 Å². The van der Waals surface area contributed by atoms with Crippen LogP contribution in [0.3, 0.4) is 0 Å². The van der Waals surface area contributed by atoms with Crippen molar-refractivity contribution in [3.05, 3.63) is 41.6 Å². The summed E-state index contributed by atoms with van der Waals surface area (Å²) in [6.07, 6.45) is 5.97. The minimum atomic E-state index is -0.187. The molecule has 2 heterocycles. The maximum absolute atomic E-state index is 12.7. The zero-order valence-electron chi connectivity index (χ0n) is 14.7. The summed E-state index contributed by atoms with van der Waals surface area (Å²) in [6.45, 7) is 2.66. The molecule has 0 spiro atoms. The molecule has 1 aliphatic carbocycles. The lowest BCUT2D eigenvalue weighted by atomic mass is 9.80. The standard InChI is InChI=1S/C20H25N3O2/c1-3-14(11-24)22-20(25)13-7-16-15-5-4-6-17-19(15)12(9-21-17)8-18(16)23(2)10-13/h4-7,9,13-14,18,21,24H,3,8,10-11H2,1-2H3,(H,22,25)/t13-,14?,18-/m1/s1. The Labute approximate surface area is 147 Å². The molecule has 2 aromatic rings. The SMILES string of the molecule is CCC(CO)NC(=O)[C@@H]1C=C2c3cccc4[nH]cc(c34)C[C@H]2N(C)C1. The zero-order valence-corrected chi connectivity index (χ0v) is 14.7. The fraction of sp³-hybridized carbons (Fsp3) is 0.450. The van der Waals surface area contributed by atoms with Crippen LogP contribution >= 0.6 is 0 Å². The predicted octanol–water partition coefficient (Wildman–Crippen LogP) is 1.92. The van der Waals surface area contributed by atoms with Gasteiger partial charge in [0, 0.05) is 29.7 Å². The highest BCUT2D eigenvalue weighted by Gasteiger charge is 2.35. The number of aliphatic hydroxyl groups is 1. The molecule has 0 radical (unpaired) electrons. The Balaban J connectivity index is 1.71. The Hall–Kier alpha value is -2.11. The monoisotopic (exact) mass is 339 g/mol. The number of likely N-dealkylation sites (N-methyl/N-ethyl adjacent to an activating group) is 1. The van der Waals surface area contributed by atoms with Gasteiger partial charge in [0.15, 0.2) is 0 Å². The first-order valence-electron chi connectivity index (χ1n) is 9.05. The Morgan fingerprint density at radius 2 is 2.32 bits per heavy atom. The topological polar surface area (TPSA) is 68.4 Å². The minimum Gasteiger partial charge on any atom is -0.394 e. The van der Waals surface area contributed by atoms with Gasteiger partial charge >= 0.3 is 0 Å². The number of nitrogens with one attached hydrogen (secondary N) is 2. The number of fused-ring (bicyclic) bond motifs is 2. The van der Waals surface area contributed by atoms with Gasteiger partial charge in [-0.05, 0) is 42.7 Å². The summed E-state index contributed by atoms with van der Waals surface area (Å²) in [5.41, 5.74) is 5.01. The molecule has 4 rings (SSSR count). The van der Waals surface area contributed by atoms with Gasteiger partial charge in [-0.3, -0.25) is 9.69 Å². The third-order valence-corrected chi connectivity index (χ3v) is 5.66. The molecule has 2 aliphatic rings. The first kappa shape index (κ1) is 16.4. The summed E-state index contributed by atoms with van der Waals surface area (Å²) in [5.74, 6) is -0.182. The molecule has 5 nitrogen and oxygen atoms in total. The van der Waals surface area contributed by atoms with E-state index in [2.05, 4.69) is 52.7 Å². The average molecular weight is 339 g/mol. The number of aromatic nitrogens is 1. The number of aromatic amines is 1. The zero-order chi connectivity index (χ0) is 17.6. The first-order valence-corrected chi connectivity index (χ1v) is 9.05. The van der Waals surface area contributed by atoms with Crippen molar-refractivity contribution >= 4 is 22.4 Å². The molecule has 0 saturated heterocycles. The number of hydrogen-bond donors (Lipinski definition) is 3. The van der Waals surface area contributed by atoms with Crippen LogP contribution in [0.15, 0.2) is 30.5 Å². The summed E-state index contributed by atoms with van der Waals surface area (Å²) >= 11 is 0. The second kappa shape index (κ2) is 6.32. The lowest BCUT2D eigenvalue weighted by molar-refractivity contribution is -0.125. The summed E-state index contributed by atoms with van der Waals surface area (Å²) in [7, 11) is 2.10. The van der Waals surface area contributed by atoms with Gasteiger partial charge < -0.3 is 15.4 Å². The Morgan fingerprint density at radius 3 is 3.08 bits per heavy atom. The molecule has 1 aromatic carbocycles. The van der Waals surface area contributed by atoms with Gasteiger partial charge in [0.2, 0.25) is 5.91 Å². The quantitative estimate of drug-likeness (QED) is 0.797. The van der Waals surface area contributed by atoms with Crippen molar-refractivity contribution in [1.29, 1.82) is 0 Å². The molecule has 1 aliphatic heterocycles. The van der Waals surface area contributed by atoms with Crippen molar-refractivity contribution < 1.29 is 9.90 Å². The van der Waals surface area contributed by atoms with Gasteiger partial charge in [0.05, 0.1) is 18.6 Å². The number of nitrogens with zero attached hydrogens (tertiary/aromatic N) is 1. The van der Waals surface area contributed by atoms with Gasteiger partial charge in [-0.25, -0.2) is 0 Å². The molecular weight excluding hydrogens is 314 g/mol. The van der Waals surface area contributed by atoms with E-state index in [0.29, 0.717) is 12.6 Å². The van der Waals surface area contributed by atoms with Crippen LogP contribution in [0, 0.1) is 5.92 Å². The van der Waals surface area contributed by atoms with Crippen LogP contribution in [0.2, 0.25) is 0 Å². The average Bonchev–Trinajstić information content (AvgIpc) is 3.04. The number of aliphatic hydroxyl groups excluding tert-OH is 1. The third-order valence-electron chi connectivity index (χ3n) is 5.66. The van der Waals surface area contributed by atoms with Crippen LogP contribution in [-0.2, 0) is 11.2 Å². The van der Waals surface area contributed by atoms with Gasteiger partial charge in [-0.15, -0.1) is 0 Å². The van der Waals surface area contributed by atoms with E-state index in [1.165, 1.54) is 22.1 Å². The van der Waals surface area contributed by atoms with E-state index in [1.54, 1.807) is 0 Å². The predicted molar refractivity (Wildman–Crippen MR) is 99.2 cm³/mol. The van der Waals surface area contributed by atoms with E-state index in [-0.39, 0.29) is 24.5 Å². The van der Waals surface area contributed by atoms with Crippen molar-refractivity contribution in [3.63, 3.8) is 0 Å². The van der Waals surface area contributed by atoms with E-state index in [4.69, 9.17) is 0 Å². The largest absolute Gasteiger partial charge is 0.394 e. The fourth-order valence-electron chi connectivity index (χ4n) is 4.20. The lowest BCUT2D eigenvalue weighted by Crippen LogP contribution is -2.48. The van der Waals surface area contributed by atoms with E-state index < -0.39 is 0 Å². The number of carbonyl (C=O) groups is 1. The number of benzene rings is 1. The van der Waals surface area contributed by atoms with Crippen molar-refractivity contribution in [2.45, 2.75) is 31.8 Å². The molecule has 1 aromatic heterocycles. The molecule has 3 N–H and O–H groups in total. The summed E-state index contributed by atoms with van der Waals surface area (Å²) in [4.78, 5) is 18.3. The van der Waals surface area contributed by atoms with Crippen molar-refractivity contribution in [2.75, 3.05) is 20.2 Å². The van der Waals surface area contributed by atoms with Crippen LogP contribution in [0.1, 0.15) is 24.5 Å². The van der Waals surface area contributed by atoms with Crippen LogP contribution in [0.4, 0.5) is 0 Å². The fourth-order valence-corrected chi connectivity index (χ4v) is 4.20. The lowest BCUT2D eigenvalue weighted by Gasteiger charge is -2.39. The van der Waals surface area contributed by atoms with Crippen LogP contribution < -0.4 is 5.32 Å². The number of H-pyrrole nitrogens is 1. The van der Waals surface area contributed by atoms with E-state index in [9.17, 15) is 9.90 Å². The van der Waals surface area contributed by atoms with E-state index >= 15 is 0 Å². The van der Waals surface area contributed by atoms with E-state index in [1.807, 2.05) is 6.92 Å². The number of carbonyl (C=O) groups excluding carboxylic acids is 1. The molecule has 3 atom stereocenters. The first-order chi connectivity index (χ1) is 12.1. The molecule has 0 bridgehead atoms. The molecule has 25 heavy (non-hydrogen) atoms. The van der Waals surface area contributed by atoms with Crippen molar-refractivity contribution in [2.24, 2.45) is 5.92 Å². The Bertz CT molecular complexity index is 835. The molecule has 1 amide bonds. The highest BCUT2D eigenvalue weighted by atomic mass is 16.3. The smallest absolute Gasteiger partial charge is 0.228 e. The molecule has 0 fully saturated rings. The van der Waals surface area contributed by atoms with Crippen LogP contribution in [-0.4, -0.2) is 53.2 Å². The molecule has 1 unspecified atom stereocenters. The summed E-state index contributed by atoms with van der Waals surface area (Å²) in [6, 6.07) is 6.49. The molecular formula is C20H25N3O2. The highest BCUT2D eigenvalue weighted by molar-refractivity contribution is 5.99.